The van der Waals surface area contributed by atoms with Gasteiger partial charge >= 0.3 is 0 Å². The third kappa shape index (κ3) is 3.33. The summed E-state index contributed by atoms with van der Waals surface area (Å²) in [6.45, 7) is 2.65. The number of anilines is 1. The third-order valence-electron chi connectivity index (χ3n) is 3.76. The Morgan fingerprint density at radius 2 is 2.17 bits per heavy atom. The van der Waals surface area contributed by atoms with E-state index in [1.807, 2.05) is 25.4 Å². The molecule has 2 heterocycles. The minimum atomic E-state index is -0.275. The molecule has 3 aromatic rings. The van der Waals surface area contributed by atoms with Crippen LogP contribution in [-0.4, -0.2) is 24.1 Å². The zero-order valence-corrected chi connectivity index (χ0v) is 14.1. The molecule has 0 radical (unpaired) electrons. The Kier molecular flexibility index (Phi) is 4.54. The standard InChI is InChI=1S/C17H18FN3OS/c1-11(22-3)17-20-13(10-23-17)9-21(2)16-6-7-19-15-8-12(18)4-5-14(15)16/h4-8,10-11H,9H2,1-3H3. The minimum Gasteiger partial charge on any atom is -0.375 e. The van der Waals surface area contributed by atoms with Crippen molar-refractivity contribution in [2.24, 2.45) is 0 Å². The Bertz CT molecular complexity index is 820. The van der Waals surface area contributed by atoms with E-state index in [0.717, 1.165) is 21.8 Å². The van der Waals surface area contributed by atoms with Crippen molar-refractivity contribution in [1.29, 1.82) is 0 Å². The number of nitrogens with zero attached hydrogens (tertiary/aromatic N) is 3. The summed E-state index contributed by atoms with van der Waals surface area (Å²) < 4.78 is 18.7. The molecule has 2 aromatic heterocycles. The maximum absolute atomic E-state index is 13.4. The lowest BCUT2D eigenvalue weighted by molar-refractivity contribution is 0.119. The number of thiazole rings is 1. The van der Waals surface area contributed by atoms with E-state index in [9.17, 15) is 4.39 Å². The summed E-state index contributed by atoms with van der Waals surface area (Å²) in [5.41, 5.74) is 2.65. The molecule has 0 bridgehead atoms. The van der Waals surface area contributed by atoms with Crippen molar-refractivity contribution in [3.63, 3.8) is 0 Å². The van der Waals surface area contributed by atoms with Crippen molar-refractivity contribution in [2.75, 3.05) is 19.1 Å². The highest BCUT2D eigenvalue weighted by atomic mass is 32.1. The lowest BCUT2D eigenvalue weighted by Gasteiger charge is -2.20. The Hall–Kier alpha value is -2.05. The fourth-order valence-electron chi connectivity index (χ4n) is 2.45. The van der Waals surface area contributed by atoms with Crippen LogP contribution in [0.15, 0.2) is 35.8 Å². The van der Waals surface area contributed by atoms with Crippen molar-refractivity contribution in [3.05, 3.63) is 52.4 Å². The van der Waals surface area contributed by atoms with Gasteiger partial charge in [0.1, 0.15) is 16.9 Å². The van der Waals surface area contributed by atoms with Crippen LogP contribution in [0.3, 0.4) is 0 Å². The minimum absolute atomic E-state index is 0.00351. The van der Waals surface area contributed by atoms with Gasteiger partial charge < -0.3 is 9.64 Å². The predicted molar refractivity (Wildman–Crippen MR) is 91.3 cm³/mol. The molecular formula is C17H18FN3OS. The van der Waals surface area contributed by atoms with Crippen LogP contribution in [-0.2, 0) is 11.3 Å². The largest absolute Gasteiger partial charge is 0.375 e. The zero-order valence-electron chi connectivity index (χ0n) is 13.3. The molecule has 1 aromatic carbocycles. The lowest BCUT2D eigenvalue weighted by Crippen LogP contribution is -2.17. The number of ether oxygens (including phenoxy) is 1. The number of aromatic nitrogens is 2. The summed E-state index contributed by atoms with van der Waals surface area (Å²) in [5, 5.41) is 3.94. The molecule has 1 unspecified atom stereocenters. The molecular weight excluding hydrogens is 313 g/mol. The van der Waals surface area contributed by atoms with Gasteiger partial charge in [0.25, 0.3) is 0 Å². The number of hydrogen-bond donors (Lipinski definition) is 0. The monoisotopic (exact) mass is 331 g/mol. The van der Waals surface area contributed by atoms with E-state index < -0.39 is 0 Å². The van der Waals surface area contributed by atoms with Crippen LogP contribution in [0, 0.1) is 5.82 Å². The van der Waals surface area contributed by atoms with Crippen LogP contribution in [0.5, 0.6) is 0 Å². The van der Waals surface area contributed by atoms with Gasteiger partial charge in [-0.25, -0.2) is 9.37 Å². The molecule has 1 atom stereocenters. The SMILES string of the molecule is COC(C)c1nc(CN(C)c2ccnc3cc(F)ccc23)cs1. The third-order valence-corrected chi connectivity index (χ3v) is 4.82. The van der Waals surface area contributed by atoms with E-state index in [4.69, 9.17) is 4.74 Å². The van der Waals surface area contributed by atoms with Crippen LogP contribution in [0.25, 0.3) is 10.9 Å². The first-order valence-corrected chi connectivity index (χ1v) is 8.19. The Morgan fingerprint density at radius 1 is 1.35 bits per heavy atom. The first kappa shape index (κ1) is 15.8. The molecule has 0 aliphatic carbocycles. The van der Waals surface area contributed by atoms with Gasteiger partial charge in [0.15, 0.2) is 0 Å². The Balaban J connectivity index is 1.86. The molecule has 0 spiro atoms. The van der Waals surface area contributed by atoms with Gasteiger partial charge in [0.2, 0.25) is 0 Å². The van der Waals surface area contributed by atoms with Crippen molar-refractivity contribution in [2.45, 2.75) is 19.6 Å². The van der Waals surface area contributed by atoms with Gasteiger partial charge in [-0.1, -0.05) is 0 Å². The highest BCUT2D eigenvalue weighted by Gasteiger charge is 2.12. The second kappa shape index (κ2) is 6.60. The summed E-state index contributed by atoms with van der Waals surface area (Å²) in [5.74, 6) is -0.275. The van der Waals surface area contributed by atoms with Crippen molar-refractivity contribution < 1.29 is 9.13 Å². The maximum Gasteiger partial charge on any atom is 0.125 e. The molecule has 0 aliphatic heterocycles. The second-order valence-electron chi connectivity index (χ2n) is 5.40. The molecule has 4 nitrogen and oxygen atoms in total. The number of hydrogen-bond acceptors (Lipinski definition) is 5. The summed E-state index contributed by atoms with van der Waals surface area (Å²) in [4.78, 5) is 10.9. The summed E-state index contributed by atoms with van der Waals surface area (Å²) >= 11 is 1.60. The molecule has 0 amide bonds. The molecule has 0 aliphatic rings. The maximum atomic E-state index is 13.4. The van der Waals surface area contributed by atoms with Gasteiger partial charge in [-0.2, -0.15) is 0 Å². The Labute approximate surface area is 138 Å². The highest BCUT2D eigenvalue weighted by Crippen LogP contribution is 2.27. The summed E-state index contributed by atoms with van der Waals surface area (Å²) in [6, 6.07) is 6.62. The molecule has 0 fully saturated rings. The number of pyridine rings is 1. The molecule has 0 saturated heterocycles. The molecule has 3 rings (SSSR count). The number of halogens is 1. The fourth-order valence-corrected chi connectivity index (χ4v) is 3.29. The number of fused-ring (bicyclic) bond motifs is 1. The highest BCUT2D eigenvalue weighted by molar-refractivity contribution is 7.09. The van der Waals surface area contributed by atoms with Crippen molar-refractivity contribution in [3.8, 4) is 0 Å². The van der Waals surface area contributed by atoms with Crippen LogP contribution >= 0.6 is 11.3 Å². The fraction of sp³-hybridized carbons (Fsp3) is 0.294. The van der Waals surface area contributed by atoms with Crippen LogP contribution in [0.1, 0.15) is 23.7 Å². The number of rotatable bonds is 5. The van der Waals surface area contributed by atoms with E-state index in [1.54, 1.807) is 30.7 Å². The first-order chi connectivity index (χ1) is 11.1. The first-order valence-electron chi connectivity index (χ1n) is 7.31. The molecule has 6 heteroatoms. The van der Waals surface area contributed by atoms with Crippen LogP contribution in [0.2, 0.25) is 0 Å². The average Bonchev–Trinajstić information content (AvgIpc) is 3.01. The van der Waals surface area contributed by atoms with Gasteiger partial charge in [0.05, 0.1) is 17.8 Å². The summed E-state index contributed by atoms with van der Waals surface area (Å²) in [6.07, 6.45) is 1.70. The van der Waals surface area contributed by atoms with Gasteiger partial charge in [-0.15, -0.1) is 11.3 Å². The van der Waals surface area contributed by atoms with Crippen molar-refractivity contribution >= 4 is 27.9 Å². The molecule has 120 valence electrons. The lowest BCUT2D eigenvalue weighted by atomic mass is 10.1. The average molecular weight is 331 g/mol. The van der Waals surface area contributed by atoms with E-state index in [-0.39, 0.29) is 11.9 Å². The topological polar surface area (TPSA) is 38.2 Å². The molecule has 0 saturated carbocycles. The second-order valence-corrected chi connectivity index (χ2v) is 6.29. The van der Waals surface area contributed by atoms with Gasteiger partial charge in [-0.3, -0.25) is 4.98 Å². The van der Waals surface area contributed by atoms with E-state index >= 15 is 0 Å². The van der Waals surface area contributed by atoms with Gasteiger partial charge in [0, 0.05) is 42.9 Å². The smallest absolute Gasteiger partial charge is 0.125 e. The van der Waals surface area contributed by atoms with E-state index in [0.29, 0.717) is 12.1 Å². The van der Waals surface area contributed by atoms with Crippen molar-refractivity contribution in [1.82, 2.24) is 9.97 Å². The van der Waals surface area contributed by atoms with E-state index in [2.05, 4.69) is 14.9 Å². The van der Waals surface area contributed by atoms with Crippen LogP contribution in [0.4, 0.5) is 10.1 Å². The normalized spacial score (nSPS) is 12.5. The van der Waals surface area contributed by atoms with Gasteiger partial charge in [-0.05, 0) is 25.1 Å². The Morgan fingerprint density at radius 3 is 2.96 bits per heavy atom. The number of benzene rings is 1. The van der Waals surface area contributed by atoms with Crippen LogP contribution < -0.4 is 4.90 Å². The predicted octanol–water partition coefficient (Wildman–Crippen LogP) is 4.17. The quantitative estimate of drug-likeness (QED) is 0.703. The molecule has 0 N–H and O–H groups in total. The summed E-state index contributed by atoms with van der Waals surface area (Å²) in [7, 11) is 3.68. The van der Waals surface area contributed by atoms with E-state index in [1.165, 1.54) is 12.1 Å². The molecule has 23 heavy (non-hydrogen) atoms. The number of methoxy groups -OCH3 is 1. The zero-order chi connectivity index (χ0) is 16.4.